The molecule has 0 spiro atoms. The van der Waals surface area contributed by atoms with Gasteiger partial charge in [0.1, 0.15) is 0 Å². The summed E-state index contributed by atoms with van der Waals surface area (Å²) in [5.41, 5.74) is 0. The molecule has 0 rings (SSSR count). The Hall–Kier alpha value is -0.0531. The minimum absolute atomic E-state index is 0.0378. The number of hydrogen-bond donors (Lipinski definition) is 3. The lowest BCUT2D eigenvalue weighted by molar-refractivity contribution is 0.483. The van der Waals surface area contributed by atoms with E-state index >= 15 is 0 Å². The van der Waals surface area contributed by atoms with E-state index in [1.165, 1.54) is 0 Å². The highest BCUT2D eigenvalue weighted by Crippen LogP contribution is 2.10. The van der Waals surface area contributed by atoms with Gasteiger partial charge in [-0.1, -0.05) is 0 Å². The van der Waals surface area contributed by atoms with Gasteiger partial charge in [0.05, 0.1) is 17.3 Å². The van der Waals surface area contributed by atoms with Crippen LogP contribution in [0.3, 0.4) is 0 Å². The molecular weight excluding hydrogens is 340 g/mol. The average molecular weight is 356 g/mol. The van der Waals surface area contributed by atoms with Gasteiger partial charge in [-0.2, -0.15) is 25.3 Å². The largest absolute Gasteiger partial charge is 0.286 e. The molecule has 19 heavy (non-hydrogen) atoms. The fraction of sp³-hybridized carbons (Fsp3) is 1.00. The molecule has 0 heterocycles. The zero-order chi connectivity index (χ0) is 15.3. The standard InChI is InChI=1S/C6H16O9S3Si/c7-16(8,9)1-4-19(5-2-17(10,11)12)6-3-18(13,14)15/h19H,1-6H2,(H,7,8,9)(H,10,11,12)(H,13,14,15). The molecule has 0 radical (unpaired) electrons. The van der Waals surface area contributed by atoms with Gasteiger partial charge in [0.2, 0.25) is 0 Å². The van der Waals surface area contributed by atoms with E-state index in [1.807, 2.05) is 0 Å². The van der Waals surface area contributed by atoms with Crippen molar-refractivity contribution in [1.82, 2.24) is 0 Å². The monoisotopic (exact) mass is 356 g/mol. The zero-order valence-electron chi connectivity index (χ0n) is 9.84. The topological polar surface area (TPSA) is 163 Å². The summed E-state index contributed by atoms with van der Waals surface area (Å²) in [5.74, 6) is -1.79. The Bertz CT molecular complexity index is 490. The summed E-state index contributed by atoms with van der Waals surface area (Å²) in [6.45, 7) is 0. The van der Waals surface area contributed by atoms with E-state index in [1.54, 1.807) is 0 Å². The lowest BCUT2D eigenvalue weighted by Gasteiger charge is -2.12. The second-order valence-corrected chi connectivity index (χ2v) is 12.3. The molecule has 0 aliphatic rings. The highest BCUT2D eigenvalue weighted by molar-refractivity contribution is 7.86. The molecule has 3 N–H and O–H groups in total. The molecule has 0 aliphatic carbocycles. The highest BCUT2D eigenvalue weighted by Gasteiger charge is 2.20. The Morgan fingerprint density at radius 2 is 0.789 bits per heavy atom. The summed E-state index contributed by atoms with van der Waals surface area (Å²) in [4.78, 5) is 0. The summed E-state index contributed by atoms with van der Waals surface area (Å²) < 4.78 is 89.2. The van der Waals surface area contributed by atoms with Gasteiger partial charge < -0.3 is 0 Å². The molecule has 0 saturated heterocycles. The molecule has 0 aromatic heterocycles. The zero-order valence-corrected chi connectivity index (χ0v) is 13.4. The Morgan fingerprint density at radius 3 is 0.947 bits per heavy atom. The van der Waals surface area contributed by atoms with E-state index in [-0.39, 0.29) is 18.1 Å². The SMILES string of the molecule is O=S(=O)(O)CC[SiH](CCS(=O)(=O)O)CCS(=O)(=O)O. The van der Waals surface area contributed by atoms with Crippen molar-refractivity contribution < 1.29 is 38.9 Å². The van der Waals surface area contributed by atoms with Crippen molar-refractivity contribution in [1.29, 1.82) is 0 Å². The lowest BCUT2D eigenvalue weighted by atomic mass is 10.9. The van der Waals surface area contributed by atoms with Crippen LogP contribution in [0.5, 0.6) is 0 Å². The molecule has 116 valence electrons. The summed E-state index contributed by atoms with van der Waals surface area (Å²) in [5, 5.41) is 0. The van der Waals surface area contributed by atoms with Crippen LogP contribution >= 0.6 is 0 Å². The van der Waals surface area contributed by atoms with Crippen LogP contribution < -0.4 is 0 Å². The molecular formula is C6H16O9S3Si. The molecule has 0 bridgehead atoms. The molecule has 0 atom stereocenters. The smallest absolute Gasteiger partial charge is 0.264 e. The van der Waals surface area contributed by atoms with Gasteiger partial charge in [0.25, 0.3) is 30.4 Å². The first-order chi connectivity index (χ1) is 8.29. The molecule has 0 aromatic rings. The van der Waals surface area contributed by atoms with Gasteiger partial charge in [-0.05, 0) is 18.1 Å². The second-order valence-electron chi connectivity index (χ2n) is 4.09. The molecule has 9 nitrogen and oxygen atoms in total. The second kappa shape index (κ2) is 7.10. The molecule has 13 heteroatoms. The van der Waals surface area contributed by atoms with Gasteiger partial charge in [0.15, 0.2) is 0 Å². The van der Waals surface area contributed by atoms with Crippen LogP contribution in [0.1, 0.15) is 0 Å². The third-order valence-electron chi connectivity index (χ3n) is 2.35. The Balaban J connectivity index is 4.55. The van der Waals surface area contributed by atoms with E-state index in [2.05, 4.69) is 0 Å². The summed E-state index contributed by atoms with van der Waals surface area (Å²) >= 11 is 0. The molecule has 0 fully saturated rings. The van der Waals surface area contributed by atoms with Crippen molar-refractivity contribution >= 4 is 39.2 Å². The maximum atomic E-state index is 10.6. The number of hydrogen-bond acceptors (Lipinski definition) is 6. The van der Waals surface area contributed by atoms with Gasteiger partial charge in [-0.3, -0.25) is 13.7 Å². The van der Waals surface area contributed by atoms with Crippen LogP contribution in [0.25, 0.3) is 0 Å². The van der Waals surface area contributed by atoms with Crippen molar-refractivity contribution in [2.24, 2.45) is 0 Å². The van der Waals surface area contributed by atoms with Crippen molar-refractivity contribution in [3.63, 3.8) is 0 Å². The van der Waals surface area contributed by atoms with Crippen LogP contribution in [0.15, 0.2) is 0 Å². The molecule has 0 saturated carbocycles. The third kappa shape index (κ3) is 14.2. The van der Waals surface area contributed by atoms with Gasteiger partial charge in [-0.15, -0.1) is 0 Å². The minimum atomic E-state index is -4.22. The predicted octanol–water partition coefficient (Wildman–Crippen LogP) is -1.12. The summed E-state index contributed by atoms with van der Waals surface area (Å²) in [6.07, 6.45) is 0. The van der Waals surface area contributed by atoms with Crippen LogP contribution in [0, 0.1) is 0 Å². The van der Waals surface area contributed by atoms with Crippen LogP contribution in [0.2, 0.25) is 18.1 Å². The van der Waals surface area contributed by atoms with Crippen molar-refractivity contribution in [2.75, 3.05) is 17.3 Å². The maximum Gasteiger partial charge on any atom is 0.264 e. The van der Waals surface area contributed by atoms with Gasteiger partial charge in [-0.25, -0.2) is 0 Å². The summed E-state index contributed by atoms with van der Waals surface area (Å²) in [6, 6.07) is -0.113. The quantitative estimate of drug-likeness (QED) is 0.343. The van der Waals surface area contributed by atoms with Gasteiger partial charge >= 0.3 is 0 Å². The lowest BCUT2D eigenvalue weighted by Crippen LogP contribution is -2.24. The van der Waals surface area contributed by atoms with Crippen molar-refractivity contribution in [2.45, 2.75) is 18.1 Å². The Morgan fingerprint density at radius 1 is 0.579 bits per heavy atom. The van der Waals surface area contributed by atoms with Crippen molar-refractivity contribution in [3.05, 3.63) is 0 Å². The van der Waals surface area contributed by atoms with E-state index in [0.29, 0.717) is 0 Å². The van der Waals surface area contributed by atoms with Crippen LogP contribution in [-0.4, -0.2) is 65.0 Å². The van der Waals surface area contributed by atoms with Crippen LogP contribution in [0.4, 0.5) is 0 Å². The van der Waals surface area contributed by atoms with Gasteiger partial charge in [0, 0.05) is 8.80 Å². The molecule has 0 unspecified atom stereocenters. The minimum Gasteiger partial charge on any atom is -0.286 e. The fourth-order valence-electron chi connectivity index (χ4n) is 1.38. The normalized spacial score (nSPS) is 13.9. The van der Waals surface area contributed by atoms with E-state index in [0.717, 1.165) is 0 Å². The van der Waals surface area contributed by atoms with Crippen LogP contribution in [-0.2, 0) is 30.4 Å². The maximum absolute atomic E-state index is 10.6. The predicted molar refractivity (Wildman–Crippen MR) is 70.8 cm³/mol. The fourth-order valence-corrected chi connectivity index (χ4v) is 9.82. The van der Waals surface area contributed by atoms with E-state index < -0.39 is 56.4 Å². The first-order valence-corrected chi connectivity index (χ1v) is 12.4. The first-order valence-electron chi connectivity index (χ1n) is 5.14. The first kappa shape index (κ1) is 18.9. The summed E-state index contributed by atoms with van der Waals surface area (Å²) in [7, 11) is -14.8. The Kier molecular flexibility index (Phi) is 7.08. The Labute approximate surface area is 113 Å². The molecule has 0 aliphatic heterocycles. The average Bonchev–Trinajstić information content (AvgIpc) is 2.11. The van der Waals surface area contributed by atoms with E-state index in [4.69, 9.17) is 13.7 Å². The third-order valence-corrected chi connectivity index (χ3v) is 9.18. The van der Waals surface area contributed by atoms with E-state index in [9.17, 15) is 25.3 Å². The molecule has 0 amide bonds. The number of rotatable bonds is 9. The molecule has 0 aromatic carbocycles. The highest BCUT2D eigenvalue weighted by atomic mass is 32.2. The van der Waals surface area contributed by atoms with Crippen molar-refractivity contribution in [3.8, 4) is 0 Å².